The Labute approximate surface area is 129 Å². The number of carbonyl (C=O) groups is 3. The van der Waals surface area contributed by atoms with Crippen molar-refractivity contribution in [2.75, 3.05) is 0 Å². The molecule has 0 aliphatic carbocycles. The normalized spacial score (nSPS) is 37.7. The fourth-order valence-corrected chi connectivity index (χ4v) is 2.97. The Bertz CT molecular complexity index is 453. The number of ether oxygens (including phenoxy) is 5. The summed E-state index contributed by atoms with van der Waals surface area (Å²) in [5, 5.41) is -0.578. The van der Waals surface area contributed by atoms with Crippen molar-refractivity contribution in [2.45, 2.75) is 56.5 Å². The van der Waals surface area contributed by atoms with E-state index in [1.165, 1.54) is 20.8 Å². The van der Waals surface area contributed by atoms with Crippen molar-refractivity contribution in [3.63, 3.8) is 0 Å². The Morgan fingerprint density at radius 2 is 1.29 bits per heavy atom. The van der Waals surface area contributed by atoms with Gasteiger partial charge in [-0.25, -0.2) is 0 Å². The molecular formula is C12H15BrO8. The summed E-state index contributed by atoms with van der Waals surface area (Å²) >= 11 is 3.24. The van der Waals surface area contributed by atoms with Crippen LogP contribution in [-0.4, -0.2) is 53.6 Å². The van der Waals surface area contributed by atoms with E-state index in [2.05, 4.69) is 15.9 Å². The molecule has 9 heteroatoms. The average molecular weight is 367 g/mol. The molecule has 118 valence electrons. The van der Waals surface area contributed by atoms with Crippen LogP contribution < -0.4 is 0 Å². The monoisotopic (exact) mass is 366 g/mol. The Morgan fingerprint density at radius 1 is 0.810 bits per heavy atom. The van der Waals surface area contributed by atoms with Gasteiger partial charge >= 0.3 is 17.9 Å². The number of hydrogen-bond donors (Lipinski definition) is 0. The zero-order valence-electron chi connectivity index (χ0n) is 11.6. The number of esters is 3. The van der Waals surface area contributed by atoms with Crippen LogP contribution in [0, 0.1) is 0 Å². The Balaban J connectivity index is 2.30. The van der Waals surface area contributed by atoms with E-state index in [-0.39, 0.29) is 0 Å². The predicted molar refractivity (Wildman–Crippen MR) is 69.1 cm³/mol. The molecule has 2 fully saturated rings. The molecule has 8 nitrogen and oxygen atoms in total. The molecule has 6 atom stereocenters. The molecular weight excluding hydrogens is 352 g/mol. The lowest BCUT2D eigenvalue weighted by atomic mass is 10.00. The van der Waals surface area contributed by atoms with Crippen LogP contribution in [0.1, 0.15) is 20.8 Å². The highest BCUT2D eigenvalue weighted by atomic mass is 79.9. The molecule has 0 radical (unpaired) electrons. The molecule has 0 aromatic carbocycles. The highest BCUT2D eigenvalue weighted by Crippen LogP contribution is 2.39. The molecule has 2 rings (SSSR count). The van der Waals surface area contributed by atoms with E-state index < -0.39 is 53.6 Å². The Kier molecular flexibility index (Phi) is 4.84. The molecule has 0 amide bonds. The molecule has 0 spiro atoms. The van der Waals surface area contributed by atoms with Crippen LogP contribution in [0.4, 0.5) is 0 Å². The van der Waals surface area contributed by atoms with E-state index in [1.807, 2.05) is 0 Å². The Morgan fingerprint density at radius 3 is 1.81 bits per heavy atom. The summed E-state index contributed by atoms with van der Waals surface area (Å²) in [5.74, 6) is -1.77. The van der Waals surface area contributed by atoms with Gasteiger partial charge in [0.1, 0.15) is 11.1 Å². The summed E-state index contributed by atoms with van der Waals surface area (Å²) < 4.78 is 26.5. The predicted octanol–water partition coefficient (Wildman–Crippen LogP) is 0.258. The fraction of sp³-hybridized carbons (Fsp3) is 0.750. The highest BCUT2D eigenvalue weighted by Gasteiger charge is 2.59. The number of alkyl halides is 1. The average Bonchev–Trinajstić information content (AvgIpc) is 2.67. The lowest BCUT2D eigenvalue weighted by Crippen LogP contribution is -2.58. The SMILES string of the molecule is CC(=O)O[C@H]1[C@H](OC(C)=O)[C@@H]2O[C@@H](O[C@H]2Br)[C@H]1OC(C)=O. The molecule has 0 aromatic heterocycles. The summed E-state index contributed by atoms with van der Waals surface area (Å²) in [7, 11) is 0. The van der Waals surface area contributed by atoms with Gasteiger partial charge in [-0.15, -0.1) is 0 Å². The summed E-state index contributed by atoms with van der Waals surface area (Å²) in [6, 6.07) is 0. The molecule has 2 heterocycles. The van der Waals surface area contributed by atoms with Gasteiger partial charge < -0.3 is 23.7 Å². The smallest absolute Gasteiger partial charge is 0.303 e. The van der Waals surface area contributed by atoms with Gasteiger partial charge in [-0.3, -0.25) is 14.4 Å². The molecule has 2 aliphatic rings. The molecule has 0 aromatic rings. The highest BCUT2D eigenvalue weighted by molar-refractivity contribution is 9.09. The van der Waals surface area contributed by atoms with Crippen molar-refractivity contribution >= 4 is 33.8 Å². The minimum atomic E-state index is -1.02. The van der Waals surface area contributed by atoms with Gasteiger partial charge in [0.25, 0.3) is 0 Å². The summed E-state index contributed by atoms with van der Waals surface area (Å²) in [5.41, 5.74) is 0. The third kappa shape index (κ3) is 3.53. The number of hydrogen-bond acceptors (Lipinski definition) is 8. The van der Waals surface area contributed by atoms with Gasteiger partial charge in [-0.2, -0.15) is 0 Å². The first-order valence-electron chi connectivity index (χ1n) is 6.26. The first-order valence-corrected chi connectivity index (χ1v) is 7.18. The Hall–Kier alpha value is -1.19. The van der Waals surface area contributed by atoms with E-state index in [1.54, 1.807) is 0 Å². The lowest BCUT2D eigenvalue weighted by Gasteiger charge is -2.38. The topological polar surface area (TPSA) is 97.4 Å². The number of halogens is 1. The standard InChI is InChI=1S/C12H15BrO8/c1-4(14)17-7-8(18-5(2)15)10(19-6(3)16)12-20-9(7)11(13)21-12/h7-12H,1-3H3/t7-,8-,9-,10-,11+,12-/m0/s1. The first-order chi connectivity index (χ1) is 9.79. The van der Waals surface area contributed by atoms with Crippen molar-refractivity contribution in [3.8, 4) is 0 Å². The number of fused-ring (bicyclic) bond motifs is 2. The molecule has 0 saturated carbocycles. The van der Waals surface area contributed by atoms with Crippen molar-refractivity contribution in [1.29, 1.82) is 0 Å². The fourth-order valence-electron chi connectivity index (χ4n) is 2.33. The molecule has 2 saturated heterocycles. The quantitative estimate of drug-likeness (QED) is 0.398. The van der Waals surface area contributed by atoms with Crippen LogP contribution >= 0.6 is 15.9 Å². The summed E-state index contributed by atoms with van der Waals surface area (Å²) in [4.78, 5) is 33.8. The summed E-state index contributed by atoms with van der Waals surface area (Å²) in [6.07, 6.45) is -4.54. The van der Waals surface area contributed by atoms with Gasteiger partial charge in [0.15, 0.2) is 18.3 Å². The third-order valence-corrected chi connectivity index (χ3v) is 3.70. The largest absolute Gasteiger partial charge is 0.455 e. The van der Waals surface area contributed by atoms with Crippen molar-refractivity contribution in [2.24, 2.45) is 0 Å². The van der Waals surface area contributed by atoms with Gasteiger partial charge in [0.2, 0.25) is 6.29 Å². The second-order valence-corrected chi connectivity index (χ2v) is 5.58. The van der Waals surface area contributed by atoms with E-state index >= 15 is 0 Å². The number of rotatable bonds is 3. The lowest BCUT2D eigenvalue weighted by molar-refractivity contribution is -0.250. The van der Waals surface area contributed by atoms with Crippen LogP contribution in [0.2, 0.25) is 0 Å². The van der Waals surface area contributed by atoms with E-state index in [0.717, 1.165) is 0 Å². The first kappa shape index (κ1) is 16.2. The summed E-state index contributed by atoms with van der Waals surface area (Å²) in [6.45, 7) is 3.63. The van der Waals surface area contributed by atoms with Gasteiger partial charge in [0, 0.05) is 20.8 Å². The van der Waals surface area contributed by atoms with Crippen molar-refractivity contribution in [1.82, 2.24) is 0 Å². The molecule has 2 bridgehead atoms. The van der Waals surface area contributed by atoms with Crippen LogP contribution in [0.3, 0.4) is 0 Å². The zero-order chi connectivity index (χ0) is 15.7. The molecule has 0 unspecified atom stereocenters. The van der Waals surface area contributed by atoms with Crippen LogP contribution in [-0.2, 0) is 38.1 Å². The second kappa shape index (κ2) is 6.29. The van der Waals surface area contributed by atoms with Gasteiger partial charge in [0.05, 0.1) is 0 Å². The maximum Gasteiger partial charge on any atom is 0.303 e. The van der Waals surface area contributed by atoms with E-state index in [4.69, 9.17) is 23.7 Å². The number of carbonyl (C=O) groups excluding carboxylic acids is 3. The zero-order valence-corrected chi connectivity index (χ0v) is 13.2. The maximum atomic E-state index is 11.3. The van der Waals surface area contributed by atoms with Crippen molar-refractivity contribution in [3.05, 3.63) is 0 Å². The maximum absolute atomic E-state index is 11.3. The van der Waals surface area contributed by atoms with Crippen molar-refractivity contribution < 1.29 is 38.1 Å². The molecule has 2 aliphatic heterocycles. The van der Waals surface area contributed by atoms with Crippen LogP contribution in [0.15, 0.2) is 0 Å². The van der Waals surface area contributed by atoms with E-state index in [0.29, 0.717) is 0 Å². The molecule has 21 heavy (non-hydrogen) atoms. The minimum absolute atomic E-state index is 0.577. The van der Waals surface area contributed by atoms with Gasteiger partial charge in [-0.1, -0.05) is 15.9 Å². The second-order valence-electron chi connectivity index (χ2n) is 4.68. The third-order valence-electron chi connectivity index (χ3n) is 2.96. The molecule has 0 N–H and O–H groups in total. The van der Waals surface area contributed by atoms with Crippen LogP contribution in [0.25, 0.3) is 0 Å². The van der Waals surface area contributed by atoms with Gasteiger partial charge in [-0.05, 0) is 0 Å². The minimum Gasteiger partial charge on any atom is -0.455 e. The van der Waals surface area contributed by atoms with Crippen LogP contribution in [0.5, 0.6) is 0 Å². The van der Waals surface area contributed by atoms with E-state index in [9.17, 15) is 14.4 Å².